The fraction of sp³-hybridized carbons (Fsp3) is 0.0312. The number of rotatable bonds is 9. The van der Waals surface area contributed by atoms with Crippen LogP contribution >= 0.6 is 11.6 Å². The molecule has 0 aromatic heterocycles. The van der Waals surface area contributed by atoms with Crippen LogP contribution in [0, 0.1) is 0 Å². The molecule has 6 nitrogen and oxygen atoms in total. The summed E-state index contributed by atoms with van der Waals surface area (Å²) in [5.41, 5.74) is 2.82. The Bertz CT molecular complexity index is 1530. The van der Waals surface area contributed by atoms with Gasteiger partial charge in [0.25, 0.3) is 11.8 Å². The molecule has 0 saturated carbocycles. The smallest absolute Gasteiger partial charge is 0.272 e. The highest BCUT2D eigenvalue weighted by Gasteiger charge is 2.16. The fourth-order valence-corrected chi connectivity index (χ4v) is 3.77. The van der Waals surface area contributed by atoms with Gasteiger partial charge in [-0.2, -0.15) is 0 Å². The first kappa shape index (κ1) is 27.1. The van der Waals surface area contributed by atoms with Crippen LogP contribution in [0.2, 0.25) is 5.02 Å². The van der Waals surface area contributed by atoms with Gasteiger partial charge < -0.3 is 15.4 Å². The third kappa shape index (κ3) is 7.53. The molecule has 2 amide bonds. The van der Waals surface area contributed by atoms with Crippen LogP contribution in [0.4, 0.5) is 5.69 Å². The lowest BCUT2D eigenvalue weighted by molar-refractivity contribution is -0.113. The zero-order valence-corrected chi connectivity index (χ0v) is 21.8. The third-order valence-corrected chi connectivity index (χ3v) is 5.94. The predicted octanol–water partition coefficient (Wildman–Crippen LogP) is 6.65. The van der Waals surface area contributed by atoms with E-state index in [0.717, 1.165) is 5.56 Å². The summed E-state index contributed by atoms with van der Waals surface area (Å²) < 4.78 is 5.39. The Morgan fingerprint density at radius 3 is 2.13 bits per heavy atom. The molecule has 0 bridgehead atoms. The van der Waals surface area contributed by atoms with E-state index in [2.05, 4.69) is 10.6 Å². The number of ether oxygens (including phenoxy) is 1. The first-order valence-electron chi connectivity index (χ1n) is 12.0. The minimum atomic E-state index is -0.535. The Kier molecular flexibility index (Phi) is 9.06. The quantitative estimate of drug-likeness (QED) is 0.185. The zero-order valence-electron chi connectivity index (χ0n) is 21.1. The molecule has 0 atom stereocenters. The largest absolute Gasteiger partial charge is 0.496 e. The van der Waals surface area contributed by atoms with Gasteiger partial charge in [0.2, 0.25) is 0 Å². The molecule has 0 aliphatic rings. The van der Waals surface area contributed by atoms with E-state index < -0.39 is 11.8 Å². The minimum absolute atomic E-state index is 0.0272. The van der Waals surface area contributed by atoms with Crippen LogP contribution in [0.3, 0.4) is 0 Å². The molecule has 0 unspecified atom stereocenters. The molecule has 0 saturated heterocycles. The summed E-state index contributed by atoms with van der Waals surface area (Å²) in [6, 6.07) is 29.4. The van der Waals surface area contributed by atoms with Crippen LogP contribution in [0.25, 0.3) is 12.2 Å². The molecule has 4 aromatic rings. The molecule has 0 spiro atoms. The zero-order chi connectivity index (χ0) is 27.6. The molecule has 0 aliphatic heterocycles. The molecule has 2 N–H and O–H groups in total. The monoisotopic (exact) mass is 536 g/mol. The van der Waals surface area contributed by atoms with Crippen LogP contribution in [-0.4, -0.2) is 24.7 Å². The summed E-state index contributed by atoms with van der Waals surface area (Å²) in [6.07, 6.45) is 4.73. The molecule has 0 heterocycles. The van der Waals surface area contributed by atoms with E-state index in [-0.39, 0.29) is 11.5 Å². The Balaban J connectivity index is 1.51. The third-order valence-electron chi connectivity index (χ3n) is 5.69. The van der Waals surface area contributed by atoms with Gasteiger partial charge in [-0.25, -0.2) is 0 Å². The number of carbonyl (C=O) groups is 3. The standard InChI is InChI=1S/C32H25ClN2O4/c1-39-30-10-6-5-9-25(30)21-28(35-31(37)24-7-3-2-4-8-24)32(38)34-27-18-14-23(15-19-27)29(36)20-13-22-11-16-26(33)17-12-22/h2-21H,1H3,(H,34,38)(H,35,37)/b20-13+,28-21-. The Labute approximate surface area is 231 Å². The molecular weight excluding hydrogens is 512 g/mol. The average molecular weight is 537 g/mol. The number of allylic oxidation sites excluding steroid dienone is 1. The number of hydrogen-bond acceptors (Lipinski definition) is 4. The van der Waals surface area contributed by atoms with Crippen molar-refractivity contribution in [3.63, 3.8) is 0 Å². The number of benzene rings is 4. The average Bonchev–Trinajstić information content (AvgIpc) is 2.97. The molecule has 7 heteroatoms. The summed E-state index contributed by atoms with van der Waals surface area (Å²) >= 11 is 5.90. The van der Waals surface area contributed by atoms with E-state index in [1.54, 1.807) is 97.1 Å². The second-order valence-electron chi connectivity index (χ2n) is 8.40. The first-order valence-corrected chi connectivity index (χ1v) is 12.4. The van der Waals surface area contributed by atoms with Crippen molar-refractivity contribution in [1.82, 2.24) is 5.32 Å². The number of carbonyl (C=O) groups excluding carboxylic acids is 3. The van der Waals surface area contributed by atoms with Crippen LogP contribution < -0.4 is 15.4 Å². The van der Waals surface area contributed by atoms with E-state index in [9.17, 15) is 14.4 Å². The lowest BCUT2D eigenvalue weighted by Gasteiger charge is -2.12. The van der Waals surface area contributed by atoms with Gasteiger partial charge in [0.05, 0.1) is 7.11 Å². The van der Waals surface area contributed by atoms with Gasteiger partial charge in [-0.05, 0) is 72.3 Å². The van der Waals surface area contributed by atoms with E-state index in [1.165, 1.54) is 13.2 Å². The lowest BCUT2D eigenvalue weighted by Crippen LogP contribution is -2.30. The first-order chi connectivity index (χ1) is 18.9. The van der Waals surface area contributed by atoms with Crippen LogP contribution in [0.15, 0.2) is 115 Å². The summed E-state index contributed by atoms with van der Waals surface area (Å²) in [5, 5.41) is 6.10. The van der Waals surface area contributed by atoms with Crippen molar-refractivity contribution in [1.29, 1.82) is 0 Å². The molecule has 0 fully saturated rings. The molecule has 0 aliphatic carbocycles. The van der Waals surface area contributed by atoms with Crippen molar-refractivity contribution in [3.8, 4) is 5.75 Å². The number of ketones is 1. The highest BCUT2D eigenvalue weighted by atomic mass is 35.5. The van der Waals surface area contributed by atoms with Crippen molar-refractivity contribution in [2.75, 3.05) is 12.4 Å². The number of nitrogens with one attached hydrogen (secondary N) is 2. The van der Waals surface area contributed by atoms with E-state index >= 15 is 0 Å². The predicted molar refractivity (Wildman–Crippen MR) is 155 cm³/mol. The van der Waals surface area contributed by atoms with Gasteiger partial charge in [-0.3, -0.25) is 14.4 Å². The topological polar surface area (TPSA) is 84.5 Å². The van der Waals surface area contributed by atoms with Gasteiger partial charge in [-0.1, -0.05) is 66.2 Å². The SMILES string of the molecule is COc1ccccc1/C=C(\NC(=O)c1ccccc1)C(=O)Nc1ccc(C(=O)/C=C/c2ccc(Cl)cc2)cc1. The molecule has 194 valence electrons. The molecule has 39 heavy (non-hydrogen) atoms. The normalized spacial score (nSPS) is 11.2. The summed E-state index contributed by atoms with van der Waals surface area (Å²) in [6.45, 7) is 0. The van der Waals surface area contributed by atoms with Crippen molar-refractivity contribution in [2.45, 2.75) is 0 Å². The maximum Gasteiger partial charge on any atom is 0.272 e. The summed E-state index contributed by atoms with van der Waals surface area (Å²) in [5.74, 6) is -0.604. The maximum absolute atomic E-state index is 13.3. The fourth-order valence-electron chi connectivity index (χ4n) is 3.64. The molecular formula is C32H25ClN2O4. The van der Waals surface area contributed by atoms with Gasteiger partial charge >= 0.3 is 0 Å². The molecule has 0 radical (unpaired) electrons. The second kappa shape index (κ2) is 13.0. The summed E-state index contributed by atoms with van der Waals surface area (Å²) in [4.78, 5) is 38.7. The van der Waals surface area contributed by atoms with Crippen LogP contribution in [-0.2, 0) is 4.79 Å². The number of methoxy groups -OCH3 is 1. The number of halogens is 1. The maximum atomic E-state index is 13.3. The number of anilines is 1. The van der Waals surface area contributed by atoms with E-state index in [4.69, 9.17) is 16.3 Å². The lowest BCUT2D eigenvalue weighted by atomic mass is 10.1. The van der Waals surface area contributed by atoms with Crippen LogP contribution in [0.5, 0.6) is 5.75 Å². The number of amides is 2. The van der Waals surface area contributed by atoms with E-state index in [1.807, 2.05) is 18.2 Å². The second-order valence-corrected chi connectivity index (χ2v) is 8.84. The van der Waals surface area contributed by atoms with Crippen molar-refractivity contribution in [2.24, 2.45) is 0 Å². The Morgan fingerprint density at radius 2 is 1.44 bits per heavy atom. The van der Waals surface area contributed by atoms with Gasteiger partial charge in [-0.15, -0.1) is 0 Å². The molecule has 4 aromatic carbocycles. The van der Waals surface area contributed by atoms with Gasteiger partial charge in [0.15, 0.2) is 5.78 Å². The van der Waals surface area contributed by atoms with Crippen molar-refractivity contribution in [3.05, 3.63) is 142 Å². The Morgan fingerprint density at radius 1 is 0.769 bits per heavy atom. The number of para-hydroxylation sites is 1. The molecule has 4 rings (SSSR count). The summed E-state index contributed by atoms with van der Waals surface area (Å²) in [7, 11) is 1.53. The minimum Gasteiger partial charge on any atom is -0.496 e. The van der Waals surface area contributed by atoms with Gasteiger partial charge in [0, 0.05) is 27.4 Å². The number of hydrogen-bond donors (Lipinski definition) is 2. The van der Waals surface area contributed by atoms with E-state index in [0.29, 0.717) is 33.1 Å². The van der Waals surface area contributed by atoms with Crippen molar-refractivity contribution < 1.29 is 19.1 Å². The van der Waals surface area contributed by atoms with Crippen LogP contribution in [0.1, 0.15) is 31.8 Å². The highest BCUT2D eigenvalue weighted by molar-refractivity contribution is 6.30. The van der Waals surface area contributed by atoms with Crippen molar-refractivity contribution >= 4 is 47.0 Å². The Hall–Kier alpha value is -4.94. The highest BCUT2D eigenvalue weighted by Crippen LogP contribution is 2.21. The van der Waals surface area contributed by atoms with Gasteiger partial charge in [0.1, 0.15) is 11.4 Å².